The second-order valence-corrected chi connectivity index (χ2v) is 4.47. The summed E-state index contributed by atoms with van der Waals surface area (Å²) < 4.78 is 0. The highest BCUT2D eigenvalue weighted by atomic mass is 16.1. The van der Waals surface area contributed by atoms with Gasteiger partial charge in [-0.3, -0.25) is 4.79 Å². The molecule has 1 rings (SSSR count). The molecule has 0 aliphatic carbocycles. The molecule has 100 valence electrons. The molecule has 0 spiro atoms. The van der Waals surface area contributed by atoms with Crippen molar-refractivity contribution in [1.82, 2.24) is 5.32 Å². The van der Waals surface area contributed by atoms with Crippen molar-refractivity contribution in [1.29, 1.82) is 0 Å². The van der Waals surface area contributed by atoms with E-state index in [-0.39, 0.29) is 5.91 Å². The molecule has 1 amide bonds. The molecule has 1 aromatic carbocycles. The summed E-state index contributed by atoms with van der Waals surface area (Å²) in [7, 11) is 0. The predicted octanol–water partition coefficient (Wildman–Crippen LogP) is 3.43. The average Bonchev–Trinajstić information content (AvgIpc) is 2.39. The van der Waals surface area contributed by atoms with Gasteiger partial charge >= 0.3 is 0 Å². The van der Waals surface area contributed by atoms with Gasteiger partial charge in [-0.05, 0) is 44.0 Å². The molecule has 0 aliphatic rings. The monoisotopic (exact) mass is 248 g/mol. The van der Waals surface area contributed by atoms with E-state index in [2.05, 4.69) is 24.5 Å². The van der Waals surface area contributed by atoms with Gasteiger partial charge in [-0.2, -0.15) is 0 Å². The van der Waals surface area contributed by atoms with Crippen LogP contribution in [-0.4, -0.2) is 18.5 Å². The number of hydrogen-bond donors (Lipinski definition) is 2. The van der Waals surface area contributed by atoms with Crippen LogP contribution in [0.4, 0.5) is 5.69 Å². The van der Waals surface area contributed by atoms with Crippen molar-refractivity contribution in [2.75, 3.05) is 11.9 Å². The molecule has 0 aliphatic heterocycles. The zero-order chi connectivity index (χ0) is 13.4. The second kappa shape index (κ2) is 7.75. The Morgan fingerprint density at radius 3 is 2.33 bits per heavy atom. The van der Waals surface area contributed by atoms with Crippen LogP contribution in [0.2, 0.25) is 0 Å². The molecule has 0 fully saturated rings. The van der Waals surface area contributed by atoms with E-state index < -0.39 is 0 Å². The van der Waals surface area contributed by atoms with Crippen molar-refractivity contribution in [3.8, 4) is 0 Å². The van der Waals surface area contributed by atoms with Gasteiger partial charge in [-0.15, -0.1) is 0 Å². The van der Waals surface area contributed by atoms with Crippen molar-refractivity contribution in [3.05, 3.63) is 29.8 Å². The molecule has 3 heteroatoms. The summed E-state index contributed by atoms with van der Waals surface area (Å²) >= 11 is 0. The number of nitrogens with one attached hydrogen (secondary N) is 2. The molecule has 0 heterocycles. The number of anilines is 1. The maximum Gasteiger partial charge on any atom is 0.251 e. The average molecular weight is 248 g/mol. The molecule has 1 aromatic rings. The molecule has 0 saturated heterocycles. The third kappa shape index (κ3) is 4.40. The smallest absolute Gasteiger partial charge is 0.251 e. The molecular formula is C15H24N2O. The number of amides is 1. The van der Waals surface area contributed by atoms with Gasteiger partial charge in [-0.25, -0.2) is 0 Å². The van der Waals surface area contributed by atoms with E-state index in [0.717, 1.165) is 12.1 Å². The molecule has 0 aromatic heterocycles. The van der Waals surface area contributed by atoms with E-state index in [1.54, 1.807) is 0 Å². The van der Waals surface area contributed by atoms with Crippen LogP contribution in [-0.2, 0) is 0 Å². The van der Waals surface area contributed by atoms with Crippen LogP contribution in [0.3, 0.4) is 0 Å². The summed E-state index contributed by atoms with van der Waals surface area (Å²) in [6.07, 6.45) is 3.48. The lowest BCUT2D eigenvalue weighted by atomic mass is 10.1. The van der Waals surface area contributed by atoms with E-state index >= 15 is 0 Å². The molecule has 2 N–H and O–H groups in total. The number of benzene rings is 1. The highest BCUT2D eigenvalue weighted by Crippen LogP contribution is 2.14. The van der Waals surface area contributed by atoms with Crippen LogP contribution in [0.5, 0.6) is 0 Å². The van der Waals surface area contributed by atoms with E-state index in [0.29, 0.717) is 18.2 Å². The minimum absolute atomic E-state index is 0.00958. The molecule has 0 saturated carbocycles. The minimum Gasteiger partial charge on any atom is -0.382 e. The second-order valence-electron chi connectivity index (χ2n) is 4.47. The fraction of sp³-hybridized carbons (Fsp3) is 0.533. The van der Waals surface area contributed by atoms with E-state index in [4.69, 9.17) is 0 Å². The van der Waals surface area contributed by atoms with Gasteiger partial charge in [0.1, 0.15) is 0 Å². The Balaban J connectivity index is 2.62. The van der Waals surface area contributed by atoms with Crippen molar-refractivity contribution < 1.29 is 4.79 Å². The first kappa shape index (κ1) is 14.6. The minimum atomic E-state index is -0.00958. The van der Waals surface area contributed by atoms with Crippen molar-refractivity contribution in [2.45, 2.75) is 46.1 Å². The first-order chi connectivity index (χ1) is 8.71. The SMILES string of the molecule is CCCC(CC)Nc1ccc(C(=O)NCC)cc1. The van der Waals surface area contributed by atoms with Gasteiger partial charge in [0.2, 0.25) is 0 Å². The molecule has 0 bridgehead atoms. The van der Waals surface area contributed by atoms with E-state index in [9.17, 15) is 4.79 Å². The first-order valence-corrected chi connectivity index (χ1v) is 6.86. The van der Waals surface area contributed by atoms with Crippen LogP contribution >= 0.6 is 0 Å². The third-order valence-corrected chi connectivity index (χ3v) is 2.99. The fourth-order valence-electron chi connectivity index (χ4n) is 1.94. The van der Waals surface area contributed by atoms with Gasteiger partial charge in [0.15, 0.2) is 0 Å². The summed E-state index contributed by atoms with van der Waals surface area (Å²) in [6, 6.07) is 8.20. The Labute approximate surface area is 110 Å². The van der Waals surface area contributed by atoms with Crippen LogP contribution in [0.25, 0.3) is 0 Å². The fourth-order valence-corrected chi connectivity index (χ4v) is 1.94. The van der Waals surface area contributed by atoms with Crippen LogP contribution in [0, 0.1) is 0 Å². The number of rotatable bonds is 7. The van der Waals surface area contributed by atoms with Crippen LogP contribution < -0.4 is 10.6 Å². The predicted molar refractivity (Wildman–Crippen MR) is 77.1 cm³/mol. The van der Waals surface area contributed by atoms with Crippen molar-refractivity contribution in [2.24, 2.45) is 0 Å². The largest absolute Gasteiger partial charge is 0.382 e. The molecule has 3 nitrogen and oxygen atoms in total. The Bertz CT molecular complexity index is 359. The Morgan fingerprint density at radius 1 is 1.17 bits per heavy atom. The quantitative estimate of drug-likeness (QED) is 0.776. The molecule has 1 unspecified atom stereocenters. The summed E-state index contributed by atoms with van der Waals surface area (Å²) in [5.74, 6) is -0.00958. The lowest BCUT2D eigenvalue weighted by Crippen LogP contribution is -2.22. The summed E-state index contributed by atoms with van der Waals surface area (Å²) in [5, 5.41) is 6.29. The summed E-state index contributed by atoms with van der Waals surface area (Å²) in [4.78, 5) is 11.6. The lowest BCUT2D eigenvalue weighted by Gasteiger charge is -2.17. The maximum absolute atomic E-state index is 11.6. The number of carbonyl (C=O) groups excluding carboxylic acids is 1. The zero-order valence-electron chi connectivity index (χ0n) is 11.6. The van der Waals surface area contributed by atoms with Crippen molar-refractivity contribution >= 4 is 11.6 Å². The Hall–Kier alpha value is -1.51. The molecule has 18 heavy (non-hydrogen) atoms. The van der Waals surface area contributed by atoms with Crippen LogP contribution in [0.1, 0.15) is 50.4 Å². The van der Waals surface area contributed by atoms with E-state index in [1.165, 1.54) is 12.8 Å². The number of carbonyl (C=O) groups is 1. The Kier molecular flexibility index (Phi) is 6.26. The van der Waals surface area contributed by atoms with Gasteiger partial charge in [0, 0.05) is 23.8 Å². The highest BCUT2D eigenvalue weighted by molar-refractivity contribution is 5.94. The maximum atomic E-state index is 11.6. The highest BCUT2D eigenvalue weighted by Gasteiger charge is 2.06. The molecule has 0 radical (unpaired) electrons. The van der Waals surface area contributed by atoms with Crippen LogP contribution in [0.15, 0.2) is 24.3 Å². The number of hydrogen-bond acceptors (Lipinski definition) is 2. The standard InChI is InChI=1S/C15H24N2O/c1-4-7-13(5-2)17-14-10-8-12(9-11-14)15(18)16-6-3/h8-11,13,17H,4-7H2,1-3H3,(H,16,18). The topological polar surface area (TPSA) is 41.1 Å². The zero-order valence-corrected chi connectivity index (χ0v) is 11.6. The summed E-state index contributed by atoms with van der Waals surface area (Å²) in [5.41, 5.74) is 1.80. The van der Waals surface area contributed by atoms with E-state index in [1.807, 2.05) is 31.2 Å². The molecule has 1 atom stereocenters. The van der Waals surface area contributed by atoms with Gasteiger partial charge in [0.25, 0.3) is 5.91 Å². The van der Waals surface area contributed by atoms with Crippen molar-refractivity contribution in [3.63, 3.8) is 0 Å². The normalized spacial score (nSPS) is 11.9. The lowest BCUT2D eigenvalue weighted by molar-refractivity contribution is 0.0956. The third-order valence-electron chi connectivity index (χ3n) is 2.99. The first-order valence-electron chi connectivity index (χ1n) is 6.86. The van der Waals surface area contributed by atoms with Gasteiger partial charge in [0.05, 0.1) is 0 Å². The summed E-state index contributed by atoms with van der Waals surface area (Å²) in [6.45, 7) is 6.97. The van der Waals surface area contributed by atoms with Gasteiger partial charge in [-0.1, -0.05) is 20.3 Å². The molecular weight excluding hydrogens is 224 g/mol. The Morgan fingerprint density at radius 2 is 1.83 bits per heavy atom. The van der Waals surface area contributed by atoms with Gasteiger partial charge < -0.3 is 10.6 Å².